The van der Waals surface area contributed by atoms with Crippen molar-refractivity contribution >= 4 is 11.6 Å². The van der Waals surface area contributed by atoms with Crippen molar-refractivity contribution in [3.8, 4) is 5.75 Å². The molecule has 1 rings (SSSR count). The van der Waals surface area contributed by atoms with Crippen molar-refractivity contribution in [3.63, 3.8) is 0 Å². The van der Waals surface area contributed by atoms with Gasteiger partial charge in [-0.2, -0.15) is 0 Å². The molecule has 1 N–H and O–H groups in total. The number of hydrogen-bond acceptors (Lipinski definition) is 2. The Morgan fingerprint density at radius 3 is 2.88 bits per heavy atom. The largest absolute Gasteiger partial charge is 0.492 e. The van der Waals surface area contributed by atoms with Gasteiger partial charge in [-0.25, -0.2) is 4.39 Å². The molecule has 4 heteroatoms. The smallest absolute Gasteiger partial charge is 0.138 e. The maximum Gasteiger partial charge on any atom is 0.138 e. The summed E-state index contributed by atoms with van der Waals surface area (Å²) < 4.78 is 18.2. The minimum Gasteiger partial charge on any atom is -0.492 e. The van der Waals surface area contributed by atoms with E-state index in [1.807, 2.05) is 7.05 Å². The van der Waals surface area contributed by atoms with Crippen molar-refractivity contribution in [2.45, 2.75) is 13.3 Å². The number of hydrogen-bond donors (Lipinski definition) is 1. The Morgan fingerprint density at radius 1 is 1.50 bits per heavy atom. The summed E-state index contributed by atoms with van der Waals surface area (Å²) in [6, 6.07) is 4.16. The third-order valence-electron chi connectivity index (χ3n) is 2.31. The van der Waals surface area contributed by atoms with Gasteiger partial charge in [-0.05, 0) is 44.1 Å². The second-order valence-corrected chi connectivity index (χ2v) is 4.28. The summed E-state index contributed by atoms with van der Waals surface area (Å²) in [5.41, 5.74) is 0. The Labute approximate surface area is 101 Å². The molecule has 1 atom stereocenters. The molecule has 0 aliphatic carbocycles. The molecule has 0 spiro atoms. The molecule has 0 aliphatic rings. The average molecular weight is 246 g/mol. The van der Waals surface area contributed by atoms with Gasteiger partial charge < -0.3 is 10.1 Å². The molecule has 0 aliphatic heterocycles. The maximum absolute atomic E-state index is 12.8. The molecule has 0 fully saturated rings. The van der Waals surface area contributed by atoms with Crippen molar-refractivity contribution in [2.24, 2.45) is 5.92 Å². The summed E-state index contributed by atoms with van der Waals surface area (Å²) in [6.45, 7) is 3.70. The van der Waals surface area contributed by atoms with Crippen LogP contribution in [0.15, 0.2) is 18.2 Å². The molecule has 0 heterocycles. The summed E-state index contributed by atoms with van der Waals surface area (Å²) in [7, 11) is 1.92. The number of halogens is 2. The lowest BCUT2D eigenvalue weighted by molar-refractivity contribution is 0.282. The van der Waals surface area contributed by atoms with Gasteiger partial charge in [0.05, 0.1) is 11.6 Å². The SMILES string of the molecule is CNCC(C)CCOc1ccc(F)cc1Cl. The van der Waals surface area contributed by atoms with Gasteiger partial charge in [0.15, 0.2) is 0 Å². The molecule has 0 aromatic heterocycles. The van der Waals surface area contributed by atoms with E-state index in [1.165, 1.54) is 12.1 Å². The zero-order valence-corrected chi connectivity index (χ0v) is 10.4. The van der Waals surface area contributed by atoms with Gasteiger partial charge in [-0.3, -0.25) is 0 Å². The third kappa shape index (κ3) is 4.37. The molecular formula is C12H17ClFNO. The highest BCUT2D eigenvalue weighted by atomic mass is 35.5. The van der Waals surface area contributed by atoms with Crippen LogP contribution in [0.5, 0.6) is 5.75 Å². The molecule has 2 nitrogen and oxygen atoms in total. The van der Waals surface area contributed by atoms with E-state index in [2.05, 4.69) is 12.2 Å². The molecule has 0 saturated carbocycles. The topological polar surface area (TPSA) is 21.3 Å². The standard InChI is InChI=1S/C12H17ClFNO/c1-9(8-15-2)5-6-16-12-4-3-10(14)7-11(12)13/h3-4,7,9,15H,5-6,8H2,1-2H3. The minimum absolute atomic E-state index is 0.321. The molecule has 0 saturated heterocycles. The van der Waals surface area contributed by atoms with Crippen LogP contribution in [-0.2, 0) is 0 Å². The summed E-state index contributed by atoms with van der Waals surface area (Å²) in [5.74, 6) is 0.741. The van der Waals surface area contributed by atoms with Crippen molar-refractivity contribution in [2.75, 3.05) is 20.2 Å². The number of rotatable bonds is 6. The predicted molar refractivity (Wildman–Crippen MR) is 64.6 cm³/mol. The van der Waals surface area contributed by atoms with Crippen LogP contribution in [0.1, 0.15) is 13.3 Å². The lowest BCUT2D eigenvalue weighted by Gasteiger charge is -2.12. The number of nitrogens with one attached hydrogen (secondary N) is 1. The van der Waals surface area contributed by atoms with Crippen molar-refractivity contribution < 1.29 is 9.13 Å². The number of benzene rings is 1. The first-order valence-electron chi connectivity index (χ1n) is 5.36. The van der Waals surface area contributed by atoms with Gasteiger partial charge in [0.2, 0.25) is 0 Å². The van der Waals surface area contributed by atoms with E-state index in [1.54, 1.807) is 6.07 Å². The molecule has 1 aromatic rings. The molecule has 0 bridgehead atoms. The molecule has 0 radical (unpaired) electrons. The molecular weight excluding hydrogens is 229 g/mol. The molecule has 16 heavy (non-hydrogen) atoms. The zero-order valence-electron chi connectivity index (χ0n) is 9.59. The quantitative estimate of drug-likeness (QED) is 0.832. The highest BCUT2D eigenvalue weighted by molar-refractivity contribution is 6.32. The average Bonchev–Trinajstić information content (AvgIpc) is 2.22. The second-order valence-electron chi connectivity index (χ2n) is 3.87. The van der Waals surface area contributed by atoms with Crippen molar-refractivity contribution in [1.82, 2.24) is 5.32 Å². The Morgan fingerprint density at radius 2 is 2.25 bits per heavy atom. The molecule has 1 aromatic carbocycles. The highest BCUT2D eigenvalue weighted by Crippen LogP contribution is 2.25. The Bertz CT molecular complexity index is 333. The van der Waals surface area contributed by atoms with E-state index in [0.717, 1.165) is 13.0 Å². The van der Waals surface area contributed by atoms with Crippen LogP contribution in [0, 0.1) is 11.7 Å². The minimum atomic E-state index is -0.346. The molecule has 1 unspecified atom stereocenters. The van der Waals surface area contributed by atoms with E-state index >= 15 is 0 Å². The summed E-state index contributed by atoms with van der Waals surface area (Å²) in [6.07, 6.45) is 0.939. The number of ether oxygens (including phenoxy) is 1. The fourth-order valence-corrected chi connectivity index (χ4v) is 1.63. The Balaban J connectivity index is 2.37. The van der Waals surface area contributed by atoms with E-state index in [4.69, 9.17) is 16.3 Å². The van der Waals surface area contributed by atoms with Crippen LogP contribution >= 0.6 is 11.6 Å². The van der Waals surface area contributed by atoms with Crippen LogP contribution in [0.2, 0.25) is 5.02 Å². The first-order chi connectivity index (χ1) is 7.63. The second kappa shape index (κ2) is 6.71. The van der Waals surface area contributed by atoms with E-state index in [0.29, 0.717) is 23.3 Å². The van der Waals surface area contributed by atoms with Crippen LogP contribution in [0.25, 0.3) is 0 Å². The normalized spacial score (nSPS) is 12.5. The van der Waals surface area contributed by atoms with Crippen molar-refractivity contribution in [3.05, 3.63) is 29.0 Å². The summed E-state index contributed by atoms with van der Waals surface area (Å²) in [4.78, 5) is 0. The van der Waals surface area contributed by atoms with E-state index in [-0.39, 0.29) is 5.82 Å². The Kier molecular flexibility index (Phi) is 5.56. The van der Waals surface area contributed by atoms with Crippen LogP contribution in [0.3, 0.4) is 0 Å². The van der Waals surface area contributed by atoms with Gasteiger partial charge in [0, 0.05) is 0 Å². The van der Waals surface area contributed by atoms with Crippen LogP contribution in [0.4, 0.5) is 4.39 Å². The van der Waals surface area contributed by atoms with Crippen LogP contribution < -0.4 is 10.1 Å². The monoisotopic (exact) mass is 245 g/mol. The summed E-state index contributed by atoms with van der Waals surface area (Å²) in [5, 5.41) is 3.42. The lowest BCUT2D eigenvalue weighted by Crippen LogP contribution is -2.18. The molecule has 0 amide bonds. The van der Waals surface area contributed by atoms with Gasteiger partial charge >= 0.3 is 0 Å². The first kappa shape index (κ1) is 13.3. The van der Waals surface area contributed by atoms with Gasteiger partial charge in [0.1, 0.15) is 11.6 Å². The van der Waals surface area contributed by atoms with Gasteiger partial charge in [-0.15, -0.1) is 0 Å². The maximum atomic E-state index is 12.8. The molecule has 90 valence electrons. The van der Waals surface area contributed by atoms with Crippen LogP contribution in [-0.4, -0.2) is 20.2 Å². The van der Waals surface area contributed by atoms with Gasteiger partial charge in [-0.1, -0.05) is 18.5 Å². The zero-order chi connectivity index (χ0) is 12.0. The fraction of sp³-hybridized carbons (Fsp3) is 0.500. The third-order valence-corrected chi connectivity index (χ3v) is 2.61. The highest BCUT2D eigenvalue weighted by Gasteiger charge is 2.04. The van der Waals surface area contributed by atoms with E-state index in [9.17, 15) is 4.39 Å². The van der Waals surface area contributed by atoms with E-state index < -0.39 is 0 Å². The Hall–Kier alpha value is -0.800. The van der Waals surface area contributed by atoms with Gasteiger partial charge in [0.25, 0.3) is 0 Å². The first-order valence-corrected chi connectivity index (χ1v) is 5.73. The van der Waals surface area contributed by atoms with Crippen molar-refractivity contribution in [1.29, 1.82) is 0 Å². The lowest BCUT2D eigenvalue weighted by atomic mass is 10.1. The fourth-order valence-electron chi connectivity index (χ4n) is 1.41. The predicted octanol–water partition coefficient (Wildman–Crippen LogP) is 3.10. The summed E-state index contributed by atoms with van der Waals surface area (Å²) >= 11 is 5.83.